The molecule has 0 aromatic heterocycles. The maximum Gasteiger partial charge on any atom is 0.240 e. The van der Waals surface area contributed by atoms with Crippen molar-refractivity contribution in [3.63, 3.8) is 0 Å². The van der Waals surface area contributed by atoms with Crippen LogP contribution in [-0.4, -0.2) is 29.9 Å². The second-order valence-electron chi connectivity index (χ2n) is 5.82. The van der Waals surface area contributed by atoms with E-state index in [0.717, 1.165) is 29.8 Å². The third-order valence-corrected chi connectivity index (χ3v) is 5.30. The number of amides is 1. The van der Waals surface area contributed by atoms with E-state index in [1.165, 1.54) is 12.1 Å². The Kier molecular flexibility index (Phi) is 6.81. The lowest BCUT2D eigenvalue weighted by molar-refractivity contribution is -0.129. The standard InChI is InChI=1S/C18H18F2N2OS.ClH/c19-13-6-7-16(15(20)10-13)24-17(12-4-2-1-3-5-12)18(23)22-9-8-14(21)11-22;/h1-7,10,14,17H,8-9,11,21H2;1H/t14-,17?;/m1./s1. The number of carbonyl (C=O) groups is 1. The van der Waals surface area contributed by atoms with Crippen molar-refractivity contribution in [3.05, 3.63) is 65.7 Å². The van der Waals surface area contributed by atoms with E-state index in [1.807, 2.05) is 30.3 Å². The third kappa shape index (κ3) is 4.71. The average Bonchev–Trinajstić information content (AvgIpc) is 3.01. The summed E-state index contributed by atoms with van der Waals surface area (Å²) in [5.41, 5.74) is 6.68. The first-order valence-corrected chi connectivity index (χ1v) is 8.63. The molecule has 0 saturated carbocycles. The van der Waals surface area contributed by atoms with Crippen molar-refractivity contribution in [1.82, 2.24) is 4.90 Å². The molecular weight excluding hydrogens is 366 g/mol. The maximum atomic E-state index is 14.0. The van der Waals surface area contributed by atoms with Gasteiger partial charge in [0.2, 0.25) is 5.91 Å². The van der Waals surface area contributed by atoms with Gasteiger partial charge >= 0.3 is 0 Å². The molecule has 0 spiro atoms. The molecule has 1 saturated heterocycles. The van der Waals surface area contributed by atoms with Crippen molar-refractivity contribution in [2.24, 2.45) is 5.73 Å². The first-order valence-electron chi connectivity index (χ1n) is 7.75. The average molecular weight is 385 g/mol. The first kappa shape index (κ1) is 19.7. The molecule has 2 aromatic carbocycles. The molecule has 3 nitrogen and oxygen atoms in total. The topological polar surface area (TPSA) is 46.3 Å². The van der Waals surface area contributed by atoms with Gasteiger partial charge in [-0.3, -0.25) is 4.79 Å². The van der Waals surface area contributed by atoms with Crippen molar-refractivity contribution in [2.45, 2.75) is 22.6 Å². The van der Waals surface area contributed by atoms with E-state index >= 15 is 0 Å². The highest BCUT2D eigenvalue weighted by Gasteiger charge is 2.31. The molecule has 0 bridgehead atoms. The van der Waals surface area contributed by atoms with Gasteiger partial charge in [-0.15, -0.1) is 24.2 Å². The van der Waals surface area contributed by atoms with E-state index in [0.29, 0.717) is 13.1 Å². The summed E-state index contributed by atoms with van der Waals surface area (Å²) in [5.74, 6) is -1.39. The van der Waals surface area contributed by atoms with Crippen LogP contribution in [0.15, 0.2) is 53.4 Å². The zero-order chi connectivity index (χ0) is 17.1. The number of thioether (sulfide) groups is 1. The largest absolute Gasteiger partial charge is 0.340 e. The molecule has 1 aliphatic heterocycles. The minimum Gasteiger partial charge on any atom is -0.340 e. The first-order chi connectivity index (χ1) is 11.5. The molecule has 1 aliphatic rings. The summed E-state index contributed by atoms with van der Waals surface area (Å²) in [5, 5.41) is -0.587. The van der Waals surface area contributed by atoms with Gasteiger partial charge in [0.25, 0.3) is 0 Å². The Bertz CT molecular complexity index is 732. The SMILES string of the molecule is Cl.N[C@@H]1CCN(C(=O)C(Sc2ccc(F)cc2F)c2ccccc2)C1. The number of likely N-dealkylation sites (tertiary alicyclic amines) is 1. The summed E-state index contributed by atoms with van der Waals surface area (Å²) in [6, 6.07) is 12.6. The van der Waals surface area contributed by atoms with E-state index < -0.39 is 16.9 Å². The van der Waals surface area contributed by atoms with Crippen LogP contribution >= 0.6 is 24.2 Å². The van der Waals surface area contributed by atoms with Crippen LogP contribution in [-0.2, 0) is 4.79 Å². The van der Waals surface area contributed by atoms with Crippen LogP contribution in [0.25, 0.3) is 0 Å². The van der Waals surface area contributed by atoms with Gasteiger partial charge < -0.3 is 10.6 Å². The summed E-state index contributed by atoms with van der Waals surface area (Å²) in [6.45, 7) is 1.12. The lowest BCUT2D eigenvalue weighted by Crippen LogP contribution is -2.34. The normalized spacial score (nSPS) is 17.9. The van der Waals surface area contributed by atoms with Gasteiger partial charge in [0.15, 0.2) is 0 Å². The minimum atomic E-state index is -0.660. The summed E-state index contributed by atoms with van der Waals surface area (Å²) < 4.78 is 27.1. The second kappa shape index (κ2) is 8.65. The molecular formula is C18H19ClF2N2OS. The van der Waals surface area contributed by atoms with Crippen molar-refractivity contribution < 1.29 is 13.6 Å². The van der Waals surface area contributed by atoms with Gasteiger partial charge in [-0.2, -0.15) is 0 Å². The Hall–Kier alpha value is -1.63. The molecule has 2 aromatic rings. The molecule has 25 heavy (non-hydrogen) atoms. The fourth-order valence-corrected chi connectivity index (χ4v) is 3.86. The Morgan fingerprint density at radius 1 is 1.20 bits per heavy atom. The van der Waals surface area contributed by atoms with E-state index in [-0.39, 0.29) is 29.3 Å². The quantitative estimate of drug-likeness (QED) is 0.816. The Labute approximate surface area is 156 Å². The van der Waals surface area contributed by atoms with Crippen molar-refractivity contribution in [2.75, 3.05) is 13.1 Å². The Morgan fingerprint density at radius 3 is 2.52 bits per heavy atom. The van der Waals surface area contributed by atoms with Gasteiger partial charge in [-0.25, -0.2) is 8.78 Å². The number of benzene rings is 2. The van der Waals surface area contributed by atoms with Crippen LogP contribution in [0.5, 0.6) is 0 Å². The second-order valence-corrected chi connectivity index (χ2v) is 6.96. The van der Waals surface area contributed by atoms with E-state index in [1.54, 1.807) is 4.90 Å². The maximum absolute atomic E-state index is 14.0. The van der Waals surface area contributed by atoms with Crippen molar-refractivity contribution in [1.29, 1.82) is 0 Å². The number of hydrogen-bond acceptors (Lipinski definition) is 3. The molecule has 7 heteroatoms. The number of halogens is 3. The van der Waals surface area contributed by atoms with Gasteiger partial charge in [0, 0.05) is 30.1 Å². The van der Waals surface area contributed by atoms with Gasteiger partial charge in [0.1, 0.15) is 16.9 Å². The highest BCUT2D eigenvalue weighted by molar-refractivity contribution is 8.00. The van der Waals surface area contributed by atoms with Gasteiger partial charge in [-0.1, -0.05) is 30.3 Å². The summed E-state index contributed by atoms with van der Waals surface area (Å²) >= 11 is 1.10. The lowest BCUT2D eigenvalue weighted by atomic mass is 10.1. The molecule has 1 fully saturated rings. The molecule has 2 atom stereocenters. The molecule has 1 unspecified atom stereocenters. The van der Waals surface area contributed by atoms with Crippen LogP contribution in [0.4, 0.5) is 8.78 Å². The molecule has 2 N–H and O–H groups in total. The zero-order valence-corrected chi connectivity index (χ0v) is 15.0. The van der Waals surface area contributed by atoms with Crippen LogP contribution < -0.4 is 5.73 Å². The summed E-state index contributed by atoms with van der Waals surface area (Å²) in [7, 11) is 0. The zero-order valence-electron chi connectivity index (χ0n) is 13.4. The lowest BCUT2D eigenvalue weighted by Gasteiger charge is -2.23. The predicted octanol–water partition coefficient (Wildman–Crippen LogP) is 3.78. The fourth-order valence-electron chi connectivity index (χ4n) is 2.74. The minimum absolute atomic E-state index is 0. The van der Waals surface area contributed by atoms with Crippen LogP contribution in [0.1, 0.15) is 17.2 Å². The van der Waals surface area contributed by atoms with Crippen LogP contribution in [0.2, 0.25) is 0 Å². The van der Waals surface area contributed by atoms with Crippen molar-refractivity contribution in [3.8, 4) is 0 Å². The van der Waals surface area contributed by atoms with E-state index in [4.69, 9.17) is 5.73 Å². The monoisotopic (exact) mass is 384 g/mol. The number of hydrogen-bond donors (Lipinski definition) is 1. The summed E-state index contributed by atoms with van der Waals surface area (Å²) in [4.78, 5) is 14.9. The third-order valence-electron chi connectivity index (χ3n) is 4.00. The van der Waals surface area contributed by atoms with Gasteiger partial charge in [-0.05, 0) is 24.1 Å². The summed E-state index contributed by atoms with van der Waals surface area (Å²) in [6.07, 6.45) is 0.767. The number of nitrogens with zero attached hydrogens (tertiary/aromatic N) is 1. The van der Waals surface area contributed by atoms with Crippen LogP contribution in [0, 0.1) is 11.6 Å². The predicted molar refractivity (Wildman–Crippen MR) is 97.8 cm³/mol. The molecule has 0 aliphatic carbocycles. The Balaban J connectivity index is 0.00000225. The smallest absolute Gasteiger partial charge is 0.240 e. The van der Waals surface area contributed by atoms with Gasteiger partial charge in [0.05, 0.1) is 0 Å². The molecule has 3 rings (SSSR count). The number of rotatable bonds is 4. The molecule has 1 amide bonds. The molecule has 134 valence electrons. The van der Waals surface area contributed by atoms with E-state index in [2.05, 4.69) is 0 Å². The number of carbonyl (C=O) groups excluding carboxylic acids is 1. The highest BCUT2D eigenvalue weighted by atomic mass is 35.5. The Morgan fingerprint density at radius 2 is 1.92 bits per heavy atom. The van der Waals surface area contributed by atoms with Crippen LogP contribution in [0.3, 0.4) is 0 Å². The fraction of sp³-hybridized carbons (Fsp3) is 0.278. The van der Waals surface area contributed by atoms with Crippen molar-refractivity contribution >= 4 is 30.1 Å². The molecule has 0 radical (unpaired) electrons. The number of nitrogens with two attached hydrogens (primary N) is 1. The van der Waals surface area contributed by atoms with E-state index in [9.17, 15) is 13.6 Å². The highest BCUT2D eigenvalue weighted by Crippen LogP contribution is 2.38. The molecule has 1 heterocycles.